The highest BCUT2D eigenvalue weighted by molar-refractivity contribution is 7.91. The van der Waals surface area contributed by atoms with E-state index < -0.39 is 9.84 Å². The summed E-state index contributed by atoms with van der Waals surface area (Å²) >= 11 is 0. The van der Waals surface area contributed by atoms with Gasteiger partial charge in [0.25, 0.3) is 11.2 Å². The molecule has 164 valence electrons. The van der Waals surface area contributed by atoms with Crippen LogP contribution in [0.1, 0.15) is 11.1 Å². The first-order valence-electron chi connectivity index (χ1n) is 10.4. The lowest BCUT2D eigenvalue weighted by atomic mass is 10.2. The molecule has 33 heavy (non-hydrogen) atoms. The number of aromatic nitrogens is 3. The number of nitrogens with zero attached hydrogens (tertiary/aromatic N) is 3. The van der Waals surface area contributed by atoms with Crippen molar-refractivity contribution in [3.05, 3.63) is 107 Å². The molecule has 0 saturated carbocycles. The molecule has 3 heterocycles. The number of nitrogens with two attached hydrogens (primary N) is 1. The Labute approximate surface area is 190 Å². The van der Waals surface area contributed by atoms with E-state index in [1.165, 1.54) is 10.5 Å². The molecule has 0 bridgehead atoms. The number of anilines is 1. The van der Waals surface area contributed by atoms with Crippen molar-refractivity contribution in [1.29, 1.82) is 0 Å². The smallest absolute Gasteiger partial charge is 0.278 e. The topological polar surface area (TPSA) is 98.4 Å². The third kappa shape index (κ3) is 3.54. The fourth-order valence-corrected chi connectivity index (χ4v) is 5.27. The zero-order chi connectivity index (χ0) is 23.2. The highest BCUT2D eigenvalue weighted by Crippen LogP contribution is 2.26. The first-order valence-corrected chi connectivity index (χ1v) is 11.8. The molecule has 7 nitrogen and oxygen atoms in total. The number of rotatable bonds is 4. The van der Waals surface area contributed by atoms with Crippen molar-refractivity contribution in [3.63, 3.8) is 0 Å². The minimum absolute atomic E-state index is 0.0270. The second-order valence-electron chi connectivity index (χ2n) is 7.87. The zero-order valence-electron chi connectivity index (χ0n) is 17.8. The van der Waals surface area contributed by atoms with Gasteiger partial charge >= 0.3 is 0 Å². The van der Waals surface area contributed by atoms with E-state index in [4.69, 9.17) is 5.73 Å². The van der Waals surface area contributed by atoms with Gasteiger partial charge < -0.3 is 5.73 Å². The summed E-state index contributed by atoms with van der Waals surface area (Å²) in [5.41, 5.74) is 8.73. The predicted octanol–water partition coefficient (Wildman–Crippen LogP) is 2.91. The third-order valence-electron chi connectivity index (χ3n) is 5.63. The molecule has 0 fully saturated rings. The third-order valence-corrected chi connectivity index (χ3v) is 7.43. The van der Waals surface area contributed by atoms with Crippen molar-refractivity contribution in [2.24, 2.45) is 0 Å². The molecule has 0 aliphatic heterocycles. The number of benzene rings is 2. The number of nitrogen functional groups attached to an aromatic ring is 1. The molecule has 3 aromatic heterocycles. The lowest BCUT2D eigenvalue weighted by Crippen LogP contribution is -2.42. The second kappa shape index (κ2) is 7.83. The van der Waals surface area contributed by atoms with Crippen LogP contribution in [0.5, 0.6) is 0 Å². The summed E-state index contributed by atoms with van der Waals surface area (Å²) in [6, 6.07) is 22.6. The highest BCUT2D eigenvalue weighted by Gasteiger charge is 2.29. The Kier molecular flexibility index (Phi) is 4.94. The molecule has 0 radical (unpaired) electrons. The lowest BCUT2D eigenvalue weighted by Gasteiger charge is -2.13. The summed E-state index contributed by atoms with van der Waals surface area (Å²) in [5.74, 6) is 0.0270. The van der Waals surface area contributed by atoms with Gasteiger partial charge in [0, 0.05) is 6.20 Å². The van der Waals surface area contributed by atoms with Crippen LogP contribution in [0.4, 0.5) is 5.82 Å². The van der Waals surface area contributed by atoms with Crippen LogP contribution in [0.2, 0.25) is 0 Å². The number of aryl methyl sites for hydroxylation is 1. The van der Waals surface area contributed by atoms with Crippen molar-refractivity contribution in [3.8, 4) is 0 Å². The van der Waals surface area contributed by atoms with Crippen molar-refractivity contribution in [2.75, 3.05) is 5.73 Å². The standard InChI is InChI=1S/C25H20N4O3S/c1-17-10-12-19(13-11-17)33(31,32)21-15-20-24(27-22-9-5-6-14-28(22)25(20)30)29(23(21)26)16-18-7-3-2-4-8-18/h2-15,26H,16H2,1H3/p+1. The maximum Gasteiger partial charge on any atom is 0.278 e. The molecule has 8 heteroatoms. The van der Waals surface area contributed by atoms with Gasteiger partial charge in [-0.2, -0.15) is 0 Å². The molecule has 2 N–H and O–H groups in total. The maximum atomic E-state index is 13.6. The lowest BCUT2D eigenvalue weighted by molar-refractivity contribution is -0.651. The maximum absolute atomic E-state index is 13.6. The van der Waals surface area contributed by atoms with Crippen LogP contribution in [0.15, 0.2) is 99.6 Å². The number of sulfone groups is 1. The molecular weight excluding hydrogens is 436 g/mol. The van der Waals surface area contributed by atoms with Crippen molar-refractivity contribution in [1.82, 2.24) is 9.38 Å². The Morgan fingerprint density at radius 1 is 0.970 bits per heavy atom. The number of hydrogen-bond donors (Lipinski definition) is 1. The summed E-state index contributed by atoms with van der Waals surface area (Å²) in [4.78, 5) is 18.0. The molecule has 5 rings (SSSR count). The molecular formula is C25H21N4O3S+. The van der Waals surface area contributed by atoms with Crippen LogP contribution in [-0.4, -0.2) is 17.8 Å². The number of fused-ring (bicyclic) bond motifs is 2. The van der Waals surface area contributed by atoms with Gasteiger partial charge in [0.1, 0.15) is 10.3 Å². The fourth-order valence-electron chi connectivity index (χ4n) is 3.86. The van der Waals surface area contributed by atoms with Crippen LogP contribution in [0.25, 0.3) is 16.7 Å². The molecule has 0 unspecified atom stereocenters. The summed E-state index contributed by atoms with van der Waals surface area (Å²) in [7, 11) is -3.98. The van der Waals surface area contributed by atoms with E-state index in [9.17, 15) is 13.2 Å². The zero-order valence-corrected chi connectivity index (χ0v) is 18.7. The van der Waals surface area contributed by atoms with Gasteiger partial charge in [-0.05, 0) is 42.8 Å². The number of hydrogen-bond acceptors (Lipinski definition) is 5. The summed E-state index contributed by atoms with van der Waals surface area (Å²) in [5, 5.41) is 0.175. The van der Waals surface area contributed by atoms with Crippen LogP contribution in [0.3, 0.4) is 0 Å². The van der Waals surface area contributed by atoms with Crippen LogP contribution in [0, 0.1) is 6.92 Å². The minimum Gasteiger partial charge on any atom is -0.317 e. The van der Waals surface area contributed by atoms with E-state index in [-0.39, 0.29) is 33.1 Å². The SMILES string of the molecule is Cc1ccc(S(=O)(=O)c2cc3c(=O)n4ccccc4nc3[n+](Cc3ccccc3)c2N)cc1. The largest absolute Gasteiger partial charge is 0.317 e. The van der Waals surface area contributed by atoms with E-state index in [1.807, 2.05) is 37.3 Å². The van der Waals surface area contributed by atoms with Crippen LogP contribution >= 0.6 is 0 Å². The molecule has 0 aliphatic rings. The normalized spacial score (nSPS) is 11.8. The van der Waals surface area contributed by atoms with Gasteiger partial charge in [0.2, 0.25) is 21.3 Å². The number of pyridine rings is 2. The Bertz CT molecular complexity index is 1680. The van der Waals surface area contributed by atoms with Gasteiger partial charge in [0.15, 0.2) is 0 Å². The van der Waals surface area contributed by atoms with E-state index in [2.05, 4.69) is 4.98 Å². The fraction of sp³-hybridized carbons (Fsp3) is 0.0800. The van der Waals surface area contributed by atoms with E-state index >= 15 is 0 Å². The van der Waals surface area contributed by atoms with Gasteiger partial charge in [-0.1, -0.05) is 59.1 Å². The first-order chi connectivity index (χ1) is 15.9. The average Bonchev–Trinajstić information content (AvgIpc) is 2.82. The molecule has 2 aromatic carbocycles. The summed E-state index contributed by atoms with van der Waals surface area (Å²) < 4.78 is 30.1. The van der Waals surface area contributed by atoms with Crippen molar-refractivity contribution in [2.45, 2.75) is 23.3 Å². The van der Waals surface area contributed by atoms with E-state index in [0.29, 0.717) is 11.3 Å². The predicted molar refractivity (Wildman–Crippen MR) is 126 cm³/mol. The quantitative estimate of drug-likeness (QED) is 0.331. The highest BCUT2D eigenvalue weighted by atomic mass is 32.2. The van der Waals surface area contributed by atoms with Crippen LogP contribution < -0.4 is 15.9 Å². The molecule has 0 aliphatic carbocycles. The van der Waals surface area contributed by atoms with Gasteiger partial charge in [0.05, 0.1) is 11.4 Å². The Morgan fingerprint density at radius 3 is 2.39 bits per heavy atom. The van der Waals surface area contributed by atoms with Crippen LogP contribution in [-0.2, 0) is 16.4 Å². The average molecular weight is 458 g/mol. The van der Waals surface area contributed by atoms with E-state index in [0.717, 1.165) is 11.1 Å². The Balaban J connectivity index is 1.86. The van der Waals surface area contributed by atoms with E-state index in [1.54, 1.807) is 53.2 Å². The molecule has 0 spiro atoms. The minimum atomic E-state index is -3.98. The summed E-state index contributed by atoms with van der Waals surface area (Å²) in [6.45, 7) is 2.14. The molecule has 5 aromatic rings. The molecule has 0 amide bonds. The summed E-state index contributed by atoms with van der Waals surface area (Å²) in [6.07, 6.45) is 1.61. The van der Waals surface area contributed by atoms with Gasteiger partial charge in [-0.15, -0.1) is 0 Å². The molecule has 0 saturated heterocycles. The van der Waals surface area contributed by atoms with Gasteiger partial charge in [-0.25, -0.2) is 13.0 Å². The first kappa shape index (κ1) is 20.8. The van der Waals surface area contributed by atoms with Gasteiger partial charge in [-0.3, -0.25) is 9.20 Å². The van der Waals surface area contributed by atoms with Crippen molar-refractivity contribution < 1.29 is 13.0 Å². The molecule has 0 atom stereocenters. The monoisotopic (exact) mass is 457 g/mol. The van der Waals surface area contributed by atoms with Crippen molar-refractivity contribution >= 4 is 32.3 Å². The Morgan fingerprint density at radius 2 is 1.67 bits per heavy atom. The second-order valence-corrected chi connectivity index (χ2v) is 9.78. The Hall–Kier alpha value is -4.04.